The van der Waals surface area contributed by atoms with Gasteiger partial charge >= 0.3 is 0 Å². The van der Waals surface area contributed by atoms with Crippen LogP contribution in [0, 0.1) is 6.92 Å². The van der Waals surface area contributed by atoms with Crippen molar-refractivity contribution in [3.63, 3.8) is 0 Å². The van der Waals surface area contributed by atoms with E-state index in [-0.39, 0.29) is 12.7 Å². The number of anilines is 1. The minimum Gasteiger partial charge on any atom is -0.454 e. The summed E-state index contributed by atoms with van der Waals surface area (Å²) in [4.78, 5) is 14.0. The molecule has 0 fully saturated rings. The van der Waals surface area contributed by atoms with Crippen molar-refractivity contribution >= 4 is 11.6 Å². The van der Waals surface area contributed by atoms with Crippen LogP contribution in [0.15, 0.2) is 42.5 Å². The van der Waals surface area contributed by atoms with Gasteiger partial charge in [-0.25, -0.2) is 0 Å². The molecular weight excluding hydrogens is 292 g/mol. The van der Waals surface area contributed by atoms with E-state index in [1.165, 1.54) is 5.56 Å². The van der Waals surface area contributed by atoms with E-state index in [1.54, 1.807) is 0 Å². The Morgan fingerprint density at radius 1 is 1.13 bits per heavy atom. The van der Waals surface area contributed by atoms with Crippen molar-refractivity contribution in [1.29, 1.82) is 0 Å². The highest BCUT2D eigenvalue weighted by molar-refractivity contribution is 5.92. The lowest BCUT2D eigenvalue weighted by atomic mass is 10.2. The SMILES string of the molecule is Cc1ccc(NC(=O)CN(C)Cc2ccc3c(c2)OCO3)cc1. The summed E-state index contributed by atoms with van der Waals surface area (Å²) >= 11 is 0. The maximum absolute atomic E-state index is 12.1. The van der Waals surface area contributed by atoms with Gasteiger partial charge in [0.05, 0.1) is 6.54 Å². The van der Waals surface area contributed by atoms with Gasteiger partial charge in [-0.1, -0.05) is 23.8 Å². The summed E-state index contributed by atoms with van der Waals surface area (Å²) in [6.07, 6.45) is 0. The van der Waals surface area contributed by atoms with Crippen LogP contribution in [0.1, 0.15) is 11.1 Å². The van der Waals surface area contributed by atoms with Gasteiger partial charge in [-0.2, -0.15) is 0 Å². The monoisotopic (exact) mass is 312 g/mol. The molecule has 0 spiro atoms. The molecular formula is C18H20N2O3. The summed E-state index contributed by atoms with van der Waals surface area (Å²) in [5.41, 5.74) is 3.07. The van der Waals surface area contributed by atoms with Crippen molar-refractivity contribution in [2.75, 3.05) is 25.7 Å². The van der Waals surface area contributed by atoms with Gasteiger partial charge in [0.2, 0.25) is 12.7 Å². The number of carbonyl (C=O) groups excluding carboxylic acids is 1. The Labute approximate surface area is 135 Å². The molecule has 0 aliphatic carbocycles. The third-order valence-electron chi connectivity index (χ3n) is 3.64. The van der Waals surface area contributed by atoms with E-state index in [9.17, 15) is 4.79 Å². The van der Waals surface area contributed by atoms with Gasteiger partial charge in [-0.3, -0.25) is 9.69 Å². The number of fused-ring (bicyclic) bond motifs is 1. The van der Waals surface area contributed by atoms with Gasteiger partial charge < -0.3 is 14.8 Å². The molecule has 0 unspecified atom stereocenters. The lowest BCUT2D eigenvalue weighted by molar-refractivity contribution is -0.117. The summed E-state index contributed by atoms with van der Waals surface area (Å²) in [7, 11) is 1.92. The highest BCUT2D eigenvalue weighted by Crippen LogP contribution is 2.32. The van der Waals surface area contributed by atoms with Crippen LogP contribution in [0.25, 0.3) is 0 Å². The van der Waals surface area contributed by atoms with Crippen LogP contribution in [0.2, 0.25) is 0 Å². The average Bonchev–Trinajstić information content (AvgIpc) is 2.97. The lowest BCUT2D eigenvalue weighted by Gasteiger charge is -2.16. The lowest BCUT2D eigenvalue weighted by Crippen LogP contribution is -2.29. The topological polar surface area (TPSA) is 50.8 Å². The van der Waals surface area contributed by atoms with Gasteiger partial charge in [0, 0.05) is 12.2 Å². The number of aryl methyl sites for hydroxylation is 1. The van der Waals surface area contributed by atoms with E-state index < -0.39 is 0 Å². The molecule has 120 valence electrons. The zero-order valence-corrected chi connectivity index (χ0v) is 13.3. The molecule has 0 saturated carbocycles. The Morgan fingerprint density at radius 2 is 1.87 bits per heavy atom. The fourth-order valence-electron chi connectivity index (χ4n) is 2.49. The van der Waals surface area contributed by atoms with Crippen molar-refractivity contribution in [1.82, 2.24) is 4.90 Å². The zero-order valence-electron chi connectivity index (χ0n) is 13.3. The molecule has 1 amide bonds. The molecule has 2 aromatic rings. The number of hydrogen-bond donors (Lipinski definition) is 1. The van der Waals surface area contributed by atoms with E-state index in [2.05, 4.69) is 5.32 Å². The van der Waals surface area contributed by atoms with Crippen LogP contribution < -0.4 is 14.8 Å². The van der Waals surface area contributed by atoms with Gasteiger partial charge in [-0.05, 0) is 43.8 Å². The summed E-state index contributed by atoms with van der Waals surface area (Å²) in [5, 5.41) is 2.90. The van der Waals surface area contributed by atoms with Gasteiger partial charge in [0.1, 0.15) is 0 Å². The quantitative estimate of drug-likeness (QED) is 0.922. The maximum atomic E-state index is 12.1. The summed E-state index contributed by atoms with van der Waals surface area (Å²) in [6.45, 7) is 3.28. The molecule has 5 nitrogen and oxygen atoms in total. The van der Waals surface area contributed by atoms with E-state index in [1.807, 2.05) is 61.3 Å². The van der Waals surface area contributed by atoms with Crippen LogP contribution in [0.4, 0.5) is 5.69 Å². The van der Waals surface area contributed by atoms with Crippen LogP contribution >= 0.6 is 0 Å². The number of nitrogens with one attached hydrogen (secondary N) is 1. The molecule has 2 aromatic carbocycles. The first-order valence-corrected chi connectivity index (χ1v) is 7.54. The van der Waals surface area contributed by atoms with Crippen LogP contribution in [0.5, 0.6) is 11.5 Å². The van der Waals surface area contributed by atoms with Crippen molar-refractivity contribution < 1.29 is 14.3 Å². The Morgan fingerprint density at radius 3 is 2.65 bits per heavy atom. The van der Waals surface area contributed by atoms with Crippen molar-refractivity contribution in [2.24, 2.45) is 0 Å². The number of hydrogen-bond acceptors (Lipinski definition) is 4. The molecule has 1 heterocycles. The smallest absolute Gasteiger partial charge is 0.238 e. The number of nitrogens with zero attached hydrogens (tertiary/aromatic N) is 1. The fourth-order valence-corrected chi connectivity index (χ4v) is 2.49. The molecule has 1 N–H and O–H groups in total. The molecule has 0 radical (unpaired) electrons. The minimum absolute atomic E-state index is 0.0305. The van der Waals surface area contributed by atoms with Gasteiger partial charge in [0.25, 0.3) is 0 Å². The highest BCUT2D eigenvalue weighted by Gasteiger charge is 2.14. The van der Waals surface area contributed by atoms with Crippen molar-refractivity contribution in [3.8, 4) is 11.5 Å². The van der Waals surface area contributed by atoms with Crippen molar-refractivity contribution in [3.05, 3.63) is 53.6 Å². The Kier molecular flexibility index (Phi) is 4.48. The van der Waals surface area contributed by atoms with E-state index in [0.717, 1.165) is 22.7 Å². The molecule has 3 rings (SSSR count). The summed E-state index contributed by atoms with van der Waals surface area (Å²) < 4.78 is 10.7. The fraction of sp³-hybridized carbons (Fsp3) is 0.278. The molecule has 0 atom stereocenters. The first-order valence-electron chi connectivity index (χ1n) is 7.54. The second-order valence-electron chi connectivity index (χ2n) is 5.77. The summed E-state index contributed by atoms with van der Waals surface area (Å²) in [5.74, 6) is 1.51. The number of ether oxygens (including phenoxy) is 2. The zero-order chi connectivity index (χ0) is 16.2. The number of benzene rings is 2. The maximum Gasteiger partial charge on any atom is 0.238 e. The second-order valence-corrected chi connectivity index (χ2v) is 5.77. The molecule has 0 bridgehead atoms. The van der Waals surface area contributed by atoms with Crippen LogP contribution in [0.3, 0.4) is 0 Å². The van der Waals surface area contributed by atoms with Crippen LogP contribution in [-0.4, -0.2) is 31.2 Å². The summed E-state index contributed by atoms with van der Waals surface area (Å²) in [6, 6.07) is 13.6. The molecule has 1 aliphatic rings. The second kappa shape index (κ2) is 6.71. The third-order valence-corrected chi connectivity index (χ3v) is 3.64. The van der Waals surface area contributed by atoms with E-state index in [4.69, 9.17) is 9.47 Å². The highest BCUT2D eigenvalue weighted by atomic mass is 16.7. The first-order chi connectivity index (χ1) is 11.1. The first kappa shape index (κ1) is 15.4. The predicted octanol–water partition coefficient (Wildman–Crippen LogP) is 2.79. The largest absolute Gasteiger partial charge is 0.454 e. The predicted molar refractivity (Wildman–Crippen MR) is 88.7 cm³/mol. The number of carbonyl (C=O) groups is 1. The standard InChI is InChI=1S/C18H20N2O3/c1-13-3-6-15(7-4-13)19-18(21)11-20(2)10-14-5-8-16-17(9-14)23-12-22-16/h3-9H,10-12H2,1-2H3,(H,19,21). The van der Waals surface area contributed by atoms with E-state index >= 15 is 0 Å². The molecule has 0 saturated heterocycles. The minimum atomic E-state index is -0.0305. The number of amides is 1. The molecule has 5 heteroatoms. The van der Waals surface area contributed by atoms with Crippen molar-refractivity contribution in [2.45, 2.75) is 13.5 Å². The average molecular weight is 312 g/mol. The van der Waals surface area contributed by atoms with Gasteiger partial charge in [0.15, 0.2) is 11.5 Å². The molecule has 0 aromatic heterocycles. The molecule has 1 aliphatic heterocycles. The Bertz CT molecular complexity index is 698. The van der Waals surface area contributed by atoms with Gasteiger partial charge in [-0.15, -0.1) is 0 Å². The van der Waals surface area contributed by atoms with E-state index in [0.29, 0.717) is 13.1 Å². The number of rotatable bonds is 5. The molecule has 23 heavy (non-hydrogen) atoms. The Hall–Kier alpha value is -2.53. The third kappa shape index (κ3) is 4.02. The number of likely N-dealkylation sites (N-methyl/N-ethyl adjacent to an activating group) is 1. The van der Waals surface area contributed by atoms with Crippen LogP contribution in [-0.2, 0) is 11.3 Å². The normalized spacial score (nSPS) is 12.5. The Balaban J connectivity index is 1.53.